The van der Waals surface area contributed by atoms with Crippen LogP contribution in [0.3, 0.4) is 0 Å². The standard InChI is InChI=1S/C69H82Br2N2.C30H48B2O4/c1-10-13-16-19-20-23-38-69(56-44-54(24-21-17-14-11-2)43-55(45-56)25-22-18-15-12-3)65-46-61(72(59-30-26-57(70)27-31-59)67-42-50(6)49(5)41-51(67)7)34-36-63(65)64-37-35-62(47-66(64)69)73(60-32-28-58(71)29-33-60)68-52(8)39-48(4)40-53(68)9;1-11-13-15-17-19-23-21-26(32-35-29(7,8)30(9,10)36-32)24(20-18-16-14-12-2)22-25(23)31-33-27(3,4)28(5,6)34-31/h26-37,39-47H,10-25,38H2,1-9H3;11-12,21-22H,1-2,13-20H2,3-10H3. The molecule has 0 radical (unpaired) electrons. The van der Waals surface area contributed by atoms with Crippen LogP contribution in [0.25, 0.3) is 11.1 Å². The van der Waals surface area contributed by atoms with Crippen molar-refractivity contribution in [3.8, 4) is 11.1 Å². The van der Waals surface area contributed by atoms with Crippen molar-refractivity contribution in [2.75, 3.05) is 9.80 Å². The fourth-order valence-corrected chi connectivity index (χ4v) is 17.4. The molecule has 2 heterocycles. The second kappa shape index (κ2) is 38.1. The zero-order valence-electron chi connectivity index (χ0n) is 70.0. The maximum Gasteiger partial charge on any atom is 0.495 e. The van der Waals surface area contributed by atoms with E-state index in [-0.39, 0.29) is 36.6 Å². The number of nitrogens with zero attached hydrogens (tertiary/aromatic N) is 2. The van der Waals surface area contributed by atoms with E-state index in [0.717, 1.165) is 108 Å². The Labute approximate surface area is 678 Å². The van der Waals surface area contributed by atoms with Crippen LogP contribution < -0.4 is 20.7 Å². The molecule has 3 aliphatic rings. The number of allylic oxidation sites excluding steroid dienone is 2. The van der Waals surface area contributed by atoms with Crippen LogP contribution in [0.2, 0.25) is 0 Å². The number of hydrogen-bond donors (Lipinski definition) is 0. The van der Waals surface area contributed by atoms with E-state index in [4.69, 9.17) is 18.6 Å². The van der Waals surface area contributed by atoms with Gasteiger partial charge in [-0.1, -0.05) is 208 Å². The molecule has 0 N–H and O–H groups in total. The first-order chi connectivity index (χ1) is 52.1. The summed E-state index contributed by atoms with van der Waals surface area (Å²) in [6.07, 6.45) is 33.3. The molecule has 0 amide bonds. The van der Waals surface area contributed by atoms with Gasteiger partial charge in [0.2, 0.25) is 0 Å². The molecule has 6 nitrogen and oxygen atoms in total. The summed E-state index contributed by atoms with van der Waals surface area (Å²) in [5.41, 5.74) is 27.9. The molecule has 109 heavy (non-hydrogen) atoms. The lowest BCUT2D eigenvalue weighted by molar-refractivity contribution is 0.00578. The average Bonchev–Trinajstić information content (AvgIpc) is 1.55. The highest BCUT2D eigenvalue weighted by atomic mass is 79.9. The number of aryl methyl sites for hydroxylation is 10. The fraction of sp³-hybridized carbons (Fsp3) is 0.475. The second-order valence-electron chi connectivity index (χ2n) is 34.1. The molecule has 0 bridgehead atoms. The minimum atomic E-state index is -0.397. The Morgan fingerprint density at radius 2 is 0.761 bits per heavy atom. The van der Waals surface area contributed by atoms with Crippen LogP contribution in [-0.2, 0) is 49.7 Å². The van der Waals surface area contributed by atoms with Gasteiger partial charge < -0.3 is 28.4 Å². The van der Waals surface area contributed by atoms with E-state index in [2.05, 4.69) is 312 Å². The van der Waals surface area contributed by atoms with E-state index >= 15 is 0 Å². The van der Waals surface area contributed by atoms with Gasteiger partial charge in [0.05, 0.1) is 28.1 Å². The molecule has 0 saturated carbocycles. The molecule has 8 aromatic carbocycles. The lowest BCUT2D eigenvalue weighted by atomic mass is 9.67. The van der Waals surface area contributed by atoms with Gasteiger partial charge in [-0.15, -0.1) is 13.2 Å². The summed E-state index contributed by atoms with van der Waals surface area (Å²) in [5.74, 6) is 0. The molecule has 2 aliphatic heterocycles. The summed E-state index contributed by atoms with van der Waals surface area (Å²) >= 11 is 7.56. The van der Waals surface area contributed by atoms with Gasteiger partial charge in [-0.3, -0.25) is 0 Å². The van der Waals surface area contributed by atoms with Crippen molar-refractivity contribution >= 4 is 91.1 Å². The van der Waals surface area contributed by atoms with Crippen molar-refractivity contribution in [2.45, 2.75) is 306 Å². The third-order valence-electron chi connectivity index (χ3n) is 24.5. The first kappa shape index (κ1) is 85.2. The zero-order chi connectivity index (χ0) is 78.4. The van der Waals surface area contributed by atoms with Crippen molar-refractivity contribution < 1.29 is 18.6 Å². The average molecular weight is 1590 g/mol. The van der Waals surface area contributed by atoms with Crippen molar-refractivity contribution in [1.82, 2.24) is 0 Å². The van der Waals surface area contributed by atoms with E-state index in [1.807, 2.05) is 12.2 Å². The predicted molar refractivity (Wildman–Crippen MR) is 478 cm³/mol. The number of rotatable bonds is 36. The van der Waals surface area contributed by atoms with Crippen molar-refractivity contribution in [3.63, 3.8) is 0 Å². The monoisotopic (exact) mass is 1590 g/mol. The van der Waals surface area contributed by atoms with Gasteiger partial charge in [-0.2, -0.15) is 0 Å². The van der Waals surface area contributed by atoms with E-state index in [0.29, 0.717) is 0 Å². The maximum absolute atomic E-state index is 6.53. The van der Waals surface area contributed by atoms with Crippen LogP contribution in [0.5, 0.6) is 0 Å². The normalized spacial score (nSPS) is 16.4. The summed E-state index contributed by atoms with van der Waals surface area (Å²) in [4.78, 5) is 5.07. The number of halogens is 2. The largest absolute Gasteiger partial charge is 0.495 e. The number of hydrogen-bond acceptors (Lipinski definition) is 6. The Balaban J connectivity index is 0.000000294. The molecule has 1 aliphatic carbocycles. The fourth-order valence-electron chi connectivity index (χ4n) is 16.8. The van der Waals surface area contributed by atoms with Crippen molar-refractivity contribution in [2.24, 2.45) is 0 Å². The summed E-state index contributed by atoms with van der Waals surface area (Å²) in [6.45, 7) is 45.3. The molecular formula is C99H130B2Br2N2O4. The van der Waals surface area contributed by atoms with Crippen LogP contribution in [0.1, 0.15) is 283 Å². The first-order valence-corrected chi connectivity index (χ1v) is 43.5. The van der Waals surface area contributed by atoms with Crippen LogP contribution in [0.15, 0.2) is 174 Å². The highest BCUT2D eigenvalue weighted by molar-refractivity contribution is 9.10. The van der Waals surface area contributed by atoms with Crippen molar-refractivity contribution in [1.29, 1.82) is 0 Å². The quantitative estimate of drug-likeness (QED) is 0.0222. The Morgan fingerprint density at radius 3 is 1.20 bits per heavy atom. The number of anilines is 6. The Hall–Kier alpha value is -6.23. The van der Waals surface area contributed by atoms with E-state index in [1.54, 1.807) is 0 Å². The van der Waals surface area contributed by atoms with Gasteiger partial charge in [-0.05, 0) is 348 Å². The molecule has 10 heteroatoms. The number of fused-ring (bicyclic) bond motifs is 3. The lowest BCUT2D eigenvalue weighted by Gasteiger charge is -2.36. The maximum atomic E-state index is 6.53. The van der Waals surface area contributed by atoms with E-state index < -0.39 is 5.41 Å². The van der Waals surface area contributed by atoms with E-state index in [1.165, 1.54) is 190 Å². The second-order valence-corrected chi connectivity index (χ2v) is 36.0. The van der Waals surface area contributed by atoms with Gasteiger partial charge in [0.25, 0.3) is 0 Å². The zero-order valence-corrected chi connectivity index (χ0v) is 73.1. The van der Waals surface area contributed by atoms with Crippen molar-refractivity contribution in [3.05, 3.63) is 246 Å². The number of benzene rings is 8. The minimum Gasteiger partial charge on any atom is -0.399 e. The smallest absolute Gasteiger partial charge is 0.399 e. The third-order valence-corrected chi connectivity index (χ3v) is 25.6. The highest BCUT2D eigenvalue weighted by Crippen LogP contribution is 2.59. The van der Waals surface area contributed by atoms with Gasteiger partial charge in [0.15, 0.2) is 0 Å². The molecule has 1 atom stereocenters. The van der Waals surface area contributed by atoms with Crippen LogP contribution >= 0.6 is 31.9 Å². The van der Waals surface area contributed by atoms with Gasteiger partial charge in [0, 0.05) is 42.8 Å². The van der Waals surface area contributed by atoms with Crippen LogP contribution in [-0.4, -0.2) is 36.6 Å². The highest BCUT2D eigenvalue weighted by Gasteiger charge is 2.55. The summed E-state index contributed by atoms with van der Waals surface area (Å²) in [6, 6.07) is 55.0. The molecular weight excluding hydrogens is 1460 g/mol. The summed E-state index contributed by atoms with van der Waals surface area (Å²) in [5, 5.41) is 0. The predicted octanol–water partition coefficient (Wildman–Crippen LogP) is 28.4. The Kier molecular flexibility index (Phi) is 29.8. The molecule has 1 unspecified atom stereocenters. The lowest BCUT2D eigenvalue weighted by Crippen LogP contribution is -2.43. The Morgan fingerprint density at radius 1 is 0.376 bits per heavy atom. The van der Waals surface area contributed by atoms with E-state index in [9.17, 15) is 0 Å². The molecule has 2 fully saturated rings. The SMILES string of the molecule is C=CCCCCc1cc(B2OC(C)(C)C(C)(C)O2)c(CCCCC=C)cc1B1OC(C)(C)C(C)(C)O1.CCCCCCCCC1(c2cc(CCCCCC)cc(CCCCCC)c2)c2cc(N(c3ccc(Br)cc3)c3cc(C)c(C)cc3C)ccc2-c2ccc(N(c3ccc(Br)cc3)c3c(C)cc(C)cc3C)cc21. The van der Waals surface area contributed by atoms with Gasteiger partial charge in [0.1, 0.15) is 0 Å². The number of unbranched alkanes of at least 4 members (excludes halogenated alkanes) is 15. The minimum absolute atomic E-state index is 0.383. The summed E-state index contributed by atoms with van der Waals surface area (Å²) in [7, 11) is -0.771. The summed E-state index contributed by atoms with van der Waals surface area (Å²) < 4.78 is 28.3. The molecule has 8 aromatic rings. The first-order valence-electron chi connectivity index (χ1n) is 41.9. The molecule has 2 saturated heterocycles. The molecule has 0 spiro atoms. The topological polar surface area (TPSA) is 43.4 Å². The van der Waals surface area contributed by atoms with Gasteiger partial charge >= 0.3 is 14.2 Å². The van der Waals surface area contributed by atoms with Crippen LogP contribution in [0, 0.1) is 41.5 Å². The van der Waals surface area contributed by atoms with Crippen LogP contribution in [0.4, 0.5) is 34.1 Å². The molecule has 11 rings (SSSR count). The van der Waals surface area contributed by atoms with Gasteiger partial charge in [-0.25, -0.2) is 0 Å². The Bertz CT molecular complexity index is 4220. The third kappa shape index (κ3) is 20.1. The molecule has 580 valence electrons. The molecule has 0 aromatic heterocycles.